The van der Waals surface area contributed by atoms with Gasteiger partial charge in [0.05, 0.1) is 13.7 Å². The van der Waals surface area contributed by atoms with E-state index in [-0.39, 0.29) is 5.75 Å². The second kappa shape index (κ2) is 9.46. The molecule has 0 bridgehead atoms. The van der Waals surface area contributed by atoms with Crippen LogP contribution in [0.1, 0.15) is 36.7 Å². The molecular formula is C21H25N3O2S. The Balaban J connectivity index is 1.76. The van der Waals surface area contributed by atoms with Crippen molar-refractivity contribution >= 4 is 11.8 Å². The first-order valence-electron chi connectivity index (χ1n) is 9.15. The summed E-state index contributed by atoms with van der Waals surface area (Å²) < 4.78 is 7.41. The van der Waals surface area contributed by atoms with E-state index in [1.54, 1.807) is 31.0 Å². The first-order valence-corrected chi connectivity index (χ1v) is 10.1. The number of benzene rings is 2. The average molecular weight is 384 g/mol. The van der Waals surface area contributed by atoms with Crippen LogP contribution in [-0.4, -0.2) is 27.0 Å². The molecule has 5 nitrogen and oxygen atoms in total. The summed E-state index contributed by atoms with van der Waals surface area (Å²) in [5.41, 5.74) is 2.34. The Kier molecular flexibility index (Phi) is 6.76. The van der Waals surface area contributed by atoms with E-state index in [0.717, 1.165) is 47.3 Å². The van der Waals surface area contributed by atoms with Crippen LogP contribution in [0, 0.1) is 0 Å². The summed E-state index contributed by atoms with van der Waals surface area (Å²) >= 11 is 1.69. The van der Waals surface area contributed by atoms with Crippen molar-refractivity contribution < 1.29 is 9.84 Å². The lowest BCUT2D eigenvalue weighted by molar-refractivity contribution is 0.414. The maximum atomic E-state index is 9.51. The molecule has 3 aromatic rings. The summed E-state index contributed by atoms with van der Waals surface area (Å²) in [5.74, 6) is 2.98. The zero-order chi connectivity index (χ0) is 19.1. The highest BCUT2D eigenvalue weighted by molar-refractivity contribution is 7.98. The number of aromatic hydroxyl groups is 1. The van der Waals surface area contributed by atoms with Gasteiger partial charge in [-0.25, -0.2) is 0 Å². The van der Waals surface area contributed by atoms with Gasteiger partial charge in [-0.1, -0.05) is 49.4 Å². The summed E-state index contributed by atoms with van der Waals surface area (Å²) in [6, 6.07) is 15.4. The lowest BCUT2D eigenvalue weighted by Gasteiger charge is -2.11. The van der Waals surface area contributed by atoms with Crippen molar-refractivity contribution in [2.45, 2.75) is 43.6 Å². The molecular weight excluding hydrogens is 358 g/mol. The van der Waals surface area contributed by atoms with Gasteiger partial charge in [-0.05, 0) is 41.8 Å². The molecule has 1 heterocycles. The Morgan fingerprint density at radius 1 is 1.00 bits per heavy atom. The van der Waals surface area contributed by atoms with Crippen LogP contribution in [-0.2, 0) is 18.7 Å². The van der Waals surface area contributed by atoms with Crippen molar-refractivity contribution in [3.8, 4) is 11.5 Å². The second-order valence-corrected chi connectivity index (χ2v) is 7.33. The molecule has 0 atom stereocenters. The zero-order valence-electron chi connectivity index (χ0n) is 15.8. The van der Waals surface area contributed by atoms with Crippen LogP contribution in [0.4, 0.5) is 0 Å². The van der Waals surface area contributed by atoms with Crippen LogP contribution in [0.3, 0.4) is 0 Å². The molecule has 6 heteroatoms. The number of aromatic nitrogens is 3. The molecule has 142 valence electrons. The third kappa shape index (κ3) is 5.26. The number of thioether (sulfide) groups is 1. The maximum absolute atomic E-state index is 9.51. The summed E-state index contributed by atoms with van der Waals surface area (Å²) in [4.78, 5) is 0. The zero-order valence-corrected chi connectivity index (χ0v) is 16.6. The van der Waals surface area contributed by atoms with E-state index >= 15 is 0 Å². The third-order valence-electron chi connectivity index (χ3n) is 4.35. The van der Waals surface area contributed by atoms with E-state index in [4.69, 9.17) is 4.74 Å². The van der Waals surface area contributed by atoms with E-state index in [1.165, 1.54) is 5.56 Å². The Hall–Kier alpha value is -2.47. The molecule has 0 saturated carbocycles. The molecule has 2 aromatic carbocycles. The molecule has 1 aromatic heterocycles. The van der Waals surface area contributed by atoms with Gasteiger partial charge in [0, 0.05) is 12.2 Å². The smallest absolute Gasteiger partial charge is 0.191 e. The number of ether oxygens (including phenoxy) is 1. The number of phenolic OH excluding ortho intramolecular Hbond substituents is 1. The molecule has 27 heavy (non-hydrogen) atoms. The number of unbranched alkanes of at least 4 members (excludes halogenated alkanes) is 1. The molecule has 0 aliphatic heterocycles. The van der Waals surface area contributed by atoms with Crippen LogP contribution in [0.2, 0.25) is 0 Å². The molecule has 0 radical (unpaired) electrons. The van der Waals surface area contributed by atoms with Crippen LogP contribution in [0.5, 0.6) is 11.5 Å². The van der Waals surface area contributed by atoms with Gasteiger partial charge in [-0.3, -0.25) is 0 Å². The fraction of sp³-hybridized carbons (Fsp3) is 0.333. The van der Waals surface area contributed by atoms with E-state index in [1.807, 2.05) is 24.3 Å². The monoisotopic (exact) mass is 383 g/mol. The topological polar surface area (TPSA) is 60.2 Å². The molecule has 0 aliphatic rings. The Morgan fingerprint density at radius 2 is 1.70 bits per heavy atom. The number of phenols is 1. The quantitative estimate of drug-likeness (QED) is 0.544. The van der Waals surface area contributed by atoms with Crippen LogP contribution < -0.4 is 4.74 Å². The average Bonchev–Trinajstić information content (AvgIpc) is 3.08. The number of aryl methyl sites for hydroxylation is 1. The van der Waals surface area contributed by atoms with Gasteiger partial charge < -0.3 is 14.4 Å². The molecule has 1 N–H and O–H groups in total. The number of methoxy groups -OCH3 is 1. The van der Waals surface area contributed by atoms with Crippen molar-refractivity contribution in [1.29, 1.82) is 0 Å². The fourth-order valence-electron chi connectivity index (χ4n) is 2.76. The SMILES string of the molecule is CCCCc1nnc(SCc2ccc(OC)cc2)n1Cc1ccc(O)cc1. The second-order valence-electron chi connectivity index (χ2n) is 6.39. The highest BCUT2D eigenvalue weighted by Gasteiger charge is 2.13. The largest absolute Gasteiger partial charge is 0.508 e. The molecule has 0 amide bonds. The van der Waals surface area contributed by atoms with Crippen LogP contribution in [0.15, 0.2) is 53.7 Å². The molecule has 0 saturated heterocycles. The van der Waals surface area contributed by atoms with Crippen LogP contribution >= 0.6 is 11.8 Å². The minimum absolute atomic E-state index is 0.280. The Bertz CT molecular complexity index is 845. The van der Waals surface area contributed by atoms with E-state index in [2.05, 4.69) is 33.8 Å². The van der Waals surface area contributed by atoms with E-state index in [0.29, 0.717) is 6.54 Å². The summed E-state index contributed by atoms with van der Waals surface area (Å²) in [6.45, 7) is 2.89. The molecule has 3 rings (SSSR count). The predicted octanol–water partition coefficient (Wildman–Crippen LogP) is 4.68. The van der Waals surface area contributed by atoms with Gasteiger partial charge in [-0.2, -0.15) is 0 Å². The fourth-order valence-corrected chi connectivity index (χ4v) is 3.67. The normalized spacial score (nSPS) is 10.9. The van der Waals surface area contributed by atoms with Gasteiger partial charge in [-0.15, -0.1) is 10.2 Å². The van der Waals surface area contributed by atoms with E-state index < -0.39 is 0 Å². The van der Waals surface area contributed by atoms with Crippen molar-refractivity contribution in [3.63, 3.8) is 0 Å². The Labute approximate surface area is 164 Å². The molecule has 0 spiro atoms. The lowest BCUT2D eigenvalue weighted by atomic mass is 10.2. The standard InChI is InChI=1S/C21H25N3O2S/c1-3-4-5-20-22-23-21(24(20)14-16-6-10-18(25)11-7-16)27-15-17-8-12-19(26-2)13-9-17/h6-13,25H,3-5,14-15H2,1-2H3. The first-order chi connectivity index (χ1) is 13.2. The van der Waals surface area contributed by atoms with Gasteiger partial charge in [0.25, 0.3) is 0 Å². The van der Waals surface area contributed by atoms with E-state index in [9.17, 15) is 5.11 Å². The van der Waals surface area contributed by atoms with Gasteiger partial charge >= 0.3 is 0 Å². The van der Waals surface area contributed by atoms with Crippen molar-refractivity contribution in [3.05, 3.63) is 65.5 Å². The van der Waals surface area contributed by atoms with Crippen molar-refractivity contribution in [1.82, 2.24) is 14.8 Å². The Morgan fingerprint density at radius 3 is 2.37 bits per heavy atom. The minimum Gasteiger partial charge on any atom is -0.508 e. The lowest BCUT2D eigenvalue weighted by Crippen LogP contribution is -2.07. The summed E-state index contributed by atoms with van der Waals surface area (Å²) in [6.07, 6.45) is 3.14. The highest BCUT2D eigenvalue weighted by atomic mass is 32.2. The third-order valence-corrected chi connectivity index (χ3v) is 5.39. The van der Waals surface area contributed by atoms with Gasteiger partial charge in [0.1, 0.15) is 17.3 Å². The predicted molar refractivity (Wildman–Crippen MR) is 108 cm³/mol. The van der Waals surface area contributed by atoms with Crippen molar-refractivity contribution in [2.75, 3.05) is 7.11 Å². The highest BCUT2D eigenvalue weighted by Crippen LogP contribution is 2.25. The van der Waals surface area contributed by atoms with Gasteiger partial charge in [0.2, 0.25) is 0 Å². The first kappa shape index (κ1) is 19.3. The van der Waals surface area contributed by atoms with Crippen molar-refractivity contribution in [2.24, 2.45) is 0 Å². The molecule has 0 unspecified atom stereocenters. The van der Waals surface area contributed by atoms with Crippen LogP contribution in [0.25, 0.3) is 0 Å². The molecule has 0 fully saturated rings. The number of hydrogen-bond donors (Lipinski definition) is 1. The number of rotatable bonds is 9. The maximum Gasteiger partial charge on any atom is 0.191 e. The summed E-state index contributed by atoms with van der Waals surface area (Å²) in [5, 5.41) is 19.3. The number of hydrogen-bond acceptors (Lipinski definition) is 5. The molecule has 0 aliphatic carbocycles. The summed E-state index contributed by atoms with van der Waals surface area (Å²) in [7, 11) is 1.67. The van der Waals surface area contributed by atoms with Gasteiger partial charge in [0.15, 0.2) is 5.16 Å². The number of nitrogens with zero attached hydrogens (tertiary/aromatic N) is 3. The minimum atomic E-state index is 0.280.